The monoisotopic (exact) mass is 309 g/mol. The number of ether oxygens (including phenoxy) is 1. The van der Waals surface area contributed by atoms with Crippen molar-refractivity contribution in [3.8, 4) is 0 Å². The van der Waals surface area contributed by atoms with Crippen LogP contribution in [0.1, 0.15) is 18.3 Å². The molecule has 0 fully saturated rings. The second-order valence-electron chi connectivity index (χ2n) is 4.44. The highest BCUT2D eigenvalue weighted by Gasteiger charge is 2.03. The number of aromatic nitrogens is 2. The molecule has 0 saturated heterocycles. The Hall–Kier alpha value is -1.72. The van der Waals surface area contributed by atoms with Crippen LogP contribution in [0.3, 0.4) is 0 Å². The van der Waals surface area contributed by atoms with Crippen LogP contribution in [0.25, 0.3) is 0 Å². The Kier molecular flexibility index (Phi) is 5.90. The van der Waals surface area contributed by atoms with Crippen molar-refractivity contribution in [2.24, 2.45) is 0 Å². The summed E-state index contributed by atoms with van der Waals surface area (Å²) in [5, 5.41) is 3.53. The highest BCUT2D eigenvalue weighted by Crippen LogP contribution is 2.12. The average molecular weight is 310 g/mol. The number of nitrogens with one attached hydrogen (secondary N) is 1. The molecule has 2 aromatic rings. The molecule has 0 aliphatic heterocycles. The lowest BCUT2D eigenvalue weighted by atomic mass is 10.1. The first-order chi connectivity index (χ1) is 10.2. The maximum atomic E-state index is 13.1. The fourth-order valence-corrected chi connectivity index (χ4v) is 2.04. The van der Waals surface area contributed by atoms with Crippen molar-refractivity contribution < 1.29 is 9.13 Å². The van der Waals surface area contributed by atoms with Gasteiger partial charge in [0, 0.05) is 19.2 Å². The van der Waals surface area contributed by atoms with E-state index < -0.39 is 0 Å². The minimum Gasteiger partial charge on any atom is -0.374 e. The van der Waals surface area contributed by atoms with Crippen LogP contribution in [0.2, 0.25) is 5.15 Å². The zero-order valence-corrected chi connectivity index (χ0v) is 12.5. The summed E-state index contributed by atoms with van der Waals surface area (Å²) >= 11 is 5.95. The lowest BCUT2D eigenvalue weighted by Crippen LogP contribution is -2.09. The maximum absolute atomic E-state index is 13.1. The summed E-state index contributed by atoms with van der Waals surface area (Å²) in [4.78, 5) is 8.40. The predicted molar refractivity (Wildman–Crippen MR) is 81.0 cm³/mol. The summed E-state index contributed by atoms with van der Waals surface area (Å²) in [6.07, 6.45) is 0.695. The van der Waals surface area contributed by atoms with E-state index in [9.17, 15) is 4.39 Å². The smallest absolute Gasteiger partial charge is 0.158 e. The Morgan fingerprint density at radius 2 is 2.14 bits per heavy atom. The molecule has 0 atom stereocenters. The Morgan fingerprint density at radius 1 is 1.29 bits per heavy atom. The van der Waals surface area contributed by atoms with Crippen molar-refractivity contribution in [1.29, 1.82) is 0 Å². The third-order valence-electron chi connectivity index (χ3n) is 2.79. The molecule has 1 aromatic carbocycles. The molecule has 4 nitrogen and oxygen atoms in total. The van der Waals surface area contributed by atoms with Crippen molar-refractivity contribution >= 4 is 17.4 Å². The molecule has 0 aliphatic carbocycles. The first kappa shape index (κ1) is 15.7. The topological polar surface area (TPSA) is 47.0 Å². The summed E-state index contributed by atoms with van der Waals surface area (Å²) in [6.45, 7) is 3.46. The van der Waals surface area contributed by atoms with Gasteiger partial charge in [-0.25, -0.2) is 14.4 Å². The van der Waals surface area contributed by atoms with Crippen LogP contribution >= 0.6 is 11.6 Å². The minimum absolute atomic E-state index is 0.225. The molecule has 1 N–H and O–H groups in total. The van der Waals surface area contributed by atoms with Gasteiger partial charge in [0.2, 0.25) is 0 Å². The molecule has 0 amide bonds. The van der Waals surface area contributed by atoms with E-state index in [2.05, 4.69) is 15.3 Å². The van der Waals surface area contributed by atoms with Crippen LogP contribution in [0, 0.1) is 5.82 Å². The Bertz CT molecular complexity index is 595. The zero-order valence-electron chi connectivity index (χ0n) is 11.8. The lowest BCUT2D eigenvalue weighted by molar-refractivity contribution is 0.128. The van der Waals surface area contributed by atoms with Crippen molar-refractivity contribution in [2.45, 2.75) is 20.0 Å². The molecule has 21 heavy (non-hydrogen) atoms. The normalized spacial score (nSPS) is 10.6. The summed E-state index contributed by atoms with van der Waals surface area (Å²) in [5.41, 5.74) is 0.928. The van der Waals surface area contributed by atoms with E-state index in [1.807, 2.05) is 13.0 Å². The van der Waals surface area contributed by atoms with E-state index in [1.54, 1.807) is 12.1 Å². The van der Waals surface area contributed by atoms with Crippen LogP contribution in [-0.4, -0.2) is 23.1 Å². The highest BCUT2D eigenvalue weighted by molar-refractivity contribution is 6.29. The molecule has 2 rings (SSSR count). The van der Waals surface area contributed by atoms with Gasteiger partial charge in [-0.3, -0.25) is 0 Å². The van der Waals surface area contributed by atoms with Crippen molar-refractivity contribution in [3.05, 3.63) is 52.7 Å². The molecule has 0 saturated carbocycles. The van der Waals surface area contributed by atoms with E-state index in [1.165, 1.54) is 12.1 Å². The highest BCUT2D eigenvalue weighted by atomic mass is 35.5. The van der Waals surface area contributed by atoms with Gasteiger partial charge in [-0.05, 0) is 31.0 Å². The Labute approximate surface area is 128 Å². The second-order valence-corrected chi connectivity index (χ2v) is 4.82. The first-order valence-electron chi connectivity index (χ1n) is 6.77. The summed E-state index contributed by atoms with van der Waals surface area (Å²) in [6, 6.07) is 8.20. The number of anilines is 1. The lowest BCUT2D eigenvalue weighted by Gasteiger charge is -2.08. The molecule has 0 unspecified atom stereocenters. The van der Waals surface area contributed by atoms with Gasteiger partial charge >= 0.3 is 0 Å². The number of hydrogen-bond donors (Lipinski definition) is 1. The Morgan fingerprint density at radius 3 is 2.90 bits per heavy atom. The molecular weight excluding hydrogens is 293 g/mol. The van der Waals surface area contributed by atoms with Gasteiger partial charge in [0.15, 0.2) is 5.82 Å². The fraction of sp³-hybridized carbons (Fsp3) is 0.333. The number of nitrogens with zero attached hydrogens (tertiary/aromatic N) is 2. The largest absolute Gasteiger partial charge is 0.374 e. The Balaban J connectivity index is 1.91. The van der Waals surface area contributed by atoms with Crippen molar-refractivity contribution in [2.75, 3.05) is 18.5 Å². The molecule has 0 radical (unpaired) electrons. The molecule has 0 bridgehead atoms. The van der Waals surface area contributed by atoms with Gasteiger partial charge < -0.3 is 10.1 Å². The van der Waals surface area contributed by atoms with E-state index in [0.29, 0.717) is 43.0 Å². The van der Waals surface area contributed by atoms with E-state index in [-0.39, 0.29) is 5.82 Å². The maximum Gasteiger partial charge on any atom is 0.158 e. The molecule has 0 aliphatic rings. The SMILES string of the molecule is CCOCc1nc(Cl)cc(NCCc2cccc(F)c2)n1. The zero-order chi connectivity index (χ0) is 15.1. The number of rotatable bonds is 7. The first-order valence-corrected chi connectivity index (χ1v) is 7.14. The van der Waals surface area contributed by atoms with Gasteiger partial charge in [0.1, 0.15) is 23.4 Å². The second kappa shape index (κ2) is 7.90. The van der Waals surface area contributed by atoms with Crippen LogP contribution in [0.5, 0.6) is 0 Å². The molecule has 1 heterocycles. The minimum atomic E-state index is -0.225. The summed E-state index contributed by atoms with van der Waals surface area (Å²) in [7, 11) is 0. The van der Waals surface area contributed by atoms with E-state index in [0.717, 1.165) is 5.56 Å². The summed E-state index contributed by atoms with van der Waals surface area (Å²) in [5.74, 6) is 0.954. The van der Waals surface area contributed by atoms with Gasteiger partial charge in [-0.15, -0.1) is 0 Å². The number of hydrogen-bond acceptors (Lipinski definition) is 4. The average Bonchev–Trinajstić information content (AvgIpc) is 2.45. The molecular formula is C15H17ClFN3O. The fourth-order valence-electron chi connectivity index (χ4n) is 1.84. The quantitative estimate of drug-likeness (QED) is 0.796. The van der Waals surface area contributed by atoms with Crippen LogP contribution in [0.15, 0.2) is 30.3 Å². The van der Waals surface area contributed by atoms with Gasteiger partial charge in [0.05, 0.1) is 0 Å². The number of halogens is 2. The third kappa shape index (κ3) is 5.28. The third-order valence-corrected chi connectivity index (χ3v) is 2.98. The van der Waals surface area contributed by atoms with Crippen molar-refractivity contribution in [3.63, 3.8) is 0 Å². The van der Waals surface area contributed by atoms with Crippen molar-refractivity contribution in [1.82, 2.24) is 9.97 Å². The molecule has 1 aromatic heterocycles. The summed E-state index contributed by atoms with van der Waals surface area (Å²) < 4.78 is 18.3. The van der Waals surface area contributed by atoms with Crippen LogP contribution in [0.4, 0.5) is 10.2 Å². The van der Waals surface area contributed by atoms with Gasteiger partial charge in [0.25, 0.3) is 0 Å². The molecule has 0 spiro atoms. The number of benzene rings is 1. The molecule has 112 valence electrons. The standard InChI is InChI=1S/C15H17ClFN3O/c1-2-21-10-15-19-13(16)9-14(20-15)18-7-6-11-4-3-5-12(17)8-11/h3-5,8-9H,2,6-7,10H2,1H3,(H,18,19,20). The van der Waals surface area contributed by atoms with E-state index in [4.69, 9.17) is 16.3 Å². The van der Waals surface area contributed by atoms with Crippen LogP contribution in [-0.2, 0) is 17.8 Å². The van der Waals surface area contributed by atoms with E-state index >= 15 is 0 Å². The van der Waals surface area contributed by atoms with Crippen LogP contribution < -0.4 is 5.32 Å². The predicted octanol–water partition coefficient (Wildman–Crippen LogP) is 3.46. The van der Waals surface area contributed by atoms with Gasteiger partial charge in [-0.2, -0.15) is 0 Å². The molecule has 6 heteroatoms. The van der Waals surface area contributed by atoms with Gasteiger partial charge in [-0.1, -0.05) is 23.7 Å².